The number of piperazine rings is 2. The number of likely N-dealkylation sites (tertiary alicyclic amines) is 1. The number of carbonyl (C=O) groups is 2. The number of carbonyl (C=O) groups excluding carboxylic acids is 2. The Bertz CT molecular complexity index is 3930. The van der Waals surface area contributed by atoms with Gasteiger partial charge in [0.05, 0.1) is 59.4 Å². The van der Waals surface area contributed by atoms with Crippen molar-refractivity contribution in [3.05, 3.63) is 99.5 Å². The number of rotatable bonds is 10. The highest BCUT2D eigenvalue weighted by Gasteiger charge is 2.30. The van der Waals surface area contributed by atoms with Gasteiger partial charge in [0.2, 0.25) is 26.0 Å². The van der Waals surface area contributed by atoms with E-state index >= 15 is 0 Å². The van der Waals surface area contributed by atoms with Crippen molar-refractivity contribution in [3.8, 4) is 0 Å². The smallest absolute Gasteiger partial charge is 0.319 e. The highest BCUT2D eigenvalue weighted by Crippen LogP contribution is 2.40. The van der Waals surface area contributed by atoms with Crippen LogP contribution in [0.3, 0.4) is 0 Å². The second-order valence-corrected chi connectivity index (χ2v) is 29.2. The second-order valence-electron chi connectivity index (χ2n) is 23.8. The molecule has 28 heteroatoms. The quantitative estimate of drug-likeness (QED) is 0.0859. The van der Waals surface area contributed by atoms with E-state index in [0.717, 1.165) is 125 Å². The predicted octanol–water partition coefficient (Wildman–Crippen LogP) is 8.56. The van der Waals surface area contributed by atoms with Gasteiger partial charge in [0, 0.05) is 160 Å². The van der Waals surface area contributed by atoms with E-state index in [4.69, 9.17) is 39.9 Å². The van der Waals surface area contributed by atoms with Gasteiger partial charge < -0.3 is 34.5 Å². The Balaban J connectivity index is 0.000000130. The van der Waals surface area contributed by atoms with Crippen LogP contribution in [-0.2, 0) is 24.8 Å². The lowest BCUT2D eigenvalue weighted by Gasteiger charge is -2.36. The first-order valence-electron chi connectivity index (χ1n) is 29.9. The van der Waals surface area contributed by atoms with E-state index in [-0.39, 0.29) is 11.9 Å². The van der Waals surface area contributed by atoms with E-state index in [0.29, 0.717) is 73.6 Å². The zero-order valence-electron chi connectivity index (χ0n) is 50.4. The molecule has 5 N–H and O–H groups in total. The molecule has 4 aromatic heterocycles. The van der Waals surface area contributed by atoms with Crippen molar-refractivity contribution in [1.29, 1.82) is 0 Å². The first-order chi connectivity index (χ1) is 42.1. The molecule has 23 nitrogen and oxygen atoms in total. The third-order valence-electron chi connectivity index (χ3n) is 17.7. The Kier molecular flexibility index (Phi) is 20.6. The number of anilines is 3. The maximum absolute atomic E-state index is 12.0. The predicted molar refractivity (Wildman–Crippen MR) is 350 cm³/mol. The van der Waals surface area contributed by atoms with Crippen molar-refractivity contribution >= 4 is 127 Å². The van der Waals surface area contributed by atoms with Gasteiger partial charge in [-0.3, -0.25) is 25.2 Å². The number of nitrogens with zero attached hydrogens (tertiary/aromatic N) is 12. The number of benzene rings is 4. The van der Waals surface area contributed by atoms with Gasteiger partial charge in [-0.2, -0.15) is 24.7 Å². The molecule has 1 saturated carbocycles. The van der Waals surface area contributed by atoms with E-state index in [1.54, 1.807) is 41.4 Å². The van der Waals surface area contributed by atoms with Crippen molar-refractivity contribution < 1.29 is 31.5 Å². The van der Waals surface area contributed by atoms with Crippen LogP contribution in [0.2, 0.25) is 15.1 Å². The van der Waals surface area contributed by atoms with Crippen LogP contribution in [-0.4, -0.2) is 223 Å². The molecule has 1 aliphatic carbocycles. The van der Waals surface area contributed by atoms with Gasteiger partial charge in [-0.1, -0.05) is 47.6 Å². The molecule has 4 aromatic carbocycles. The summed E-state index contributed by atoms with van der Waals surface area (Å²) in [7, 11) is -0.971. The molecular weight excluding hydrogens is 1230 g/mol. The van der Waals surface area contributed by atoms with Gasteiger partial charge in [0.1, 0.15) is 6.61 Å². The molecule has 5 aliphatic rings. The Labute approximate surface area is 528 Å². The summed E-state index contributed by atoms with van der Waals surface area (Å²) in [4.78, 5) is 35.5. The minimum Gasteiger partial charge on any atom is -0.387 e. The van der Waals surface area contributed by atoms with Gasteiger partial charge in [-0.25, -0.2) is 25.9 Å². The van der Waals surface area contributed by atoms with Crippen molar-refractivity contribution in [3.63, 3.8) is 0 Å². The number of hydrogen-bond donors (Lipinski definition) is 5. The van der Waals surface area contributed by atoms with Crippen molar-refractivity contribution in [1.82, 2.24) is 64.1 Å². The van der Waals surface area contributed by atoms with E-state index in [2.05, 4.69) is 67.6 Å². The van der Waals surface area contributed by atoms with Crippen LogP contribution in [0.25, 0.3) is 43.6 Å². The molecule has 3 amide bonds. The van der Waals surface area contributed by atoms with Crippen molar-refractivity contribution in [2.24, 2.45) is 5.92 Å². The Morgan fingerprint density at radius 1 is 0.534 bits per heavy atom. The molecule has 88 heavy (non-hydrogen) atoms. The fourth-order valence-electron chi connectivity index (χ4n) is 12.8. The molecular formula is C60H79Cl3N16O7S2. The van der Waals surface area contributed by atoms with Crippen LogP contribution in [0.4, 0.5) is 21.9 Å². The molecule has 0 radical (unpaired) electrons. The van der Waals surface area contributed by atoms with Crippen LogP contribution in [0, 0.1) is 5.92 Å². The zero-order valence-corrected chi connectivity index (χ0v) is 54.3. The summed E-state index contributed by atoms with van der Waals surface area (Å²) in [6.07, 6.45) is 18.9. The lowest BCUT2D eigenvalue weighted by molar-refractivity contribution is -0.134. The summed E-state index contributed by atoms with van der Waals surface area (Å²) in [6.45, 7) is 8.69. The molecule has 8 aromatic rings. The summed E-state index contributed by atoms with van der Waals surface area (Å²) < 4.78 is 49.5. The number of aromatic amines is 4. The number of aliphatic hydroxyl groups excluding tert-OH is 1. The summed E-state index contributed by atoms with van der Waals surface area (Å²) in [5.41, 5.74) is 9.84. The maximum Gasteiger partial charge on any atom is 0.319 e. The number of urea groups is 1. The number of fused-ring (bicyclic) bond motifs is 4. The number of aliphatic hydroxyl groups is 1. The average Bonchev–Trinajstić information content (AvgIpc) is 3.25. The third-order valence-corrected chi connectivity index (χ3v) is 21.0. The van der Waals surface area contributed by atoms with Gasteiger partial charge >= 0.3 is 6.03 Å². The van der Waals surface area contributed by atoms with Crippen LogP contribution in [0.15, 0.2) is 73.3 Å². The minimum absolute atomic E-state index is 0.0907. The summed E-state index contributed by atoms with van der Waals surface area (Å²) in [5, 5.41) is 43.8. The van der Waals surface area contributed by atoms with Crippen LogP contribution < -0.4 is 14.7 Å². The molecule has 13 rings (SSSR count). The summed E-state index contributed by atoms with van der Waals surface area (Å²) in [6, 6.07) is 16.2. The highest BCUT2D eigenvalue weighted by molar-refractivity contribution is 7.88. The molecule has 5 fully saturated rings. The number of piperidine rings is 2. The topological polar surface area (TPSA) is 263 Å². The number of H-pyrrole nitrogens is 4. The van der Waals surface area contributed by atoms with E-state index in [1.165, 1.54) is 59.3 Å². The van der Waals surface area contributed by atoms with Crippen LogP contribution in [0.1, 0.15) is 74.3 Å². The maximum atomic E-state index is 12.0. The molecule has 0 atom stereocenters. The molecule has 4 saturated heterocycles. The molecule has 0 bridgehead atoms. The molecule has 8 heterocycles. The Morgan fingerprint density at radius 2 is 0.977 bits per heavy atom. The minimum atomic E-state index is -3.10. The van der Waals surface area contributed by atoms with E-state index in [9.17, 15) is 26.4 Å². The first-order valence-corrected chi connectivity index (χ1v) is 34.8. The van der Waals surface area contributed by atoms with Gasteiger partial charge in [-0.15, -0.1) is 0 Å². The number of nitrogens with one attached hydrogen (secondary N) is 4. The highest BCUT2D eigenvalue weighted by atomic mass is 35.5. The molecule has 474 valence electrons. The number of sulfonamides is 2. The van der Waals surface area contributed by atoms with E-state index < -0.39 is 26.7 Å². The van der Waals surface area contributed by atoms with Crippen molar-refractivity contribution in [2.75, 3.05) is 140 Å². The second kappa shape index (κ2) is 28.2. The van der Waals surface area contributed by atoms with Crippen LogP contribution in [0.5, 0.6) is 0 Å². The fraction of sp³-hybridized carbons (Fsp3) is 0.500. The average molecular weight is 1310 g/mol. The van der Waals surface area contributed by atoms with Crippen molar-refractivity contribution in [2.45, 2.75) is 63.2 Å². The Morgan fingerprint density at radius 3 is 1.45 bits per heavy atom. The van der Waals surface area contributed by atoms with Gasteiger partial charge in [0.15, 0.2) is 0 Å². The number of amides is 3. The van der Waals surface area contributed by atoms with E-state index in [1.807, 2.05) is 59.9 Å². The monoisotopic (exact) mass is 1300 g/mol. The third kappa shape index (κ3) is 15.4. The largest absolute Gasteiger partial charge is 0.387 e. The summed E-state index contributed by atoms with van der Waals surface area (Å²) in [5.74, 6) is 1.25. The van der Waals surface area contributed by atoms with Gasteiger partial charge in [-0.05, 0) is 116 Å². The number of aromatic nitrogens is 8. The Hall–Kier alpha value is -6.45. The fourth-order valence-corrected chi connectivity index (χ4v) is 14.7. The van der Waals surface area contributed by atoms with Crippen LogP contribution >= 0.6 is 34.8 Å². The first kappa shape index (κ1) is 64.5. The molecule has 0 spiro atoms. The molecule has 4 aliphatic heterocycles. The summed E-state index contributed by atoms with van der Waals surface area (Å²) >= 11 is 18.5. The molecule has 0 unspecified atom stereocenters. The lowest BCUT2D eigenvalue weighted by Crippen LogP contribution is -2.49. The zero-order chi connectivity index (χ0) is 62.4. The number of hydrogen-bond acceptors (Lipinski definition) is 14. The standard InChI is InChI=1S/C17H24N4O2S.C15H21ClN4O2S.C15H19ClN4O.C13H15ClN4O2/c1-24(22,23)21-8-6-20(7-9-21)17-11-14(13-4-2-3-5-13)10-16-15(17)12-18-19-16;1-19(23(2,21)22)10-11-3-5-20(6-4-11)15-8-12(16)7-14-13(15)9-17-18-14;1-19(2)15(21)20-5-3-10(4-6-20)12-7-11(16)8-14-13(12)9-17-18-14;14-9-5-11-10(7-15-16-11)12(6-9)17-1-3-18(4-2-17)13(20)8-19/h10-13H,2-9H2,1H3,(H,18,19);7-9,11H,3-6,10H2,1-2H3,(H,17,18);7-10H,3-6H2,1-2H3,(H,17,18);5-7,19H,1-4,8H2,(H,15,16). The lowest BCUT2D eigenvalue weighted by atomic mass is 9.87. The van der Waals surface area contributed by atoms with Gasteiger partial charge in [0.25, 0.3) is 0 Å². The SMILES string of the molecule is CN(C)C(=O)N1CCC(c2cc(Cl)cc3[nH]ncc23)CC1.CN(CC1CCN(c2cc(Cl)cc3[nH]ncc23)CC1)S(C)(=O)=O.CS(=O)(=O)N1CCN(c2cc(C3CCCC3)cc3[nH]ncc23)CC1.O=C(CO)N1CCN(c2cc(Cl)cc3[nH]ncc23)CC1. The number of halogens is 3. The normalized spacial score (nSPS) is 17.8.